The third-order valence-corrected chi connectivity index (χ3v) is 4.69. The number of para-hydroxylation sites is 1. The molecule has 0 saturated heterocycles. The summed E-state index contributed by atoms with van der Waals surface area (Å²) in [4.78, 5) is 35.4. The molecule has 0 saturated carbocycles. The van der Waals surface area contributed by atoms with Gasteiger partial charge in [-0.2, -0.15) is 0 Å². The molecule has 2 amide bonds. The van der Waals surface area contributed by atoms with E-state index in [1.54, 1.807) is 24.3 Å². The zero-order valence-electron chi connectivity index (χ0n) is 14.8. The fourth-order valence-corrected chi connectivity index (χ4v) is 3.04. The normalized spacial score (nSPS) is 10.3. The Balaban J connectivity index is 1.55. The summed E-state index contributed by atoms with van der Waals surface area (Å²) in [7, 11) is 0. The summed E-state index contributed by atoms with van der Waals surface area (Å²) in [5.74, 6) is -0.506. The lowest BCUT2D eigenvalue weighted by atomic mass is 10.0. The summed E-state index contributed by atoms with van der Waals surface area (Å²) in [6, 6.07) is 18.1. The molecule has 0 bridgehead atoms. The van der Waals surface area contributed by atoms with Crippen molar-refractivity contribution in [2.45, 2.75) is 0 Å². The van der Waals surface area contributed by atoms with Gasteiger partial charge in [-0.3, -0.25) is 14.4 Å². The molecule has 0 radical (unpaired) electrons. The first-order chi connectivity index (χ1) is 13.6. The van der Waals surface area contributed by atoms with E-state index in [0.717, 1.165) is 15.2 Å². The first kappa shape index (κ1) is 19.6. The lowest BCUT2D eigenvalue weighted by Crippen LogP contribution is -2.35. The van der Waals surface area contributed by atoms with E-state index >= 15 is 0 Å². The minimum atomic E-state index is -0.465. The lowest BCUT2D eigenvalue weighted by Gasteiger charge is -2.11. The maximum Gasteiger partial charge on any atom is 0.258 e. The maximum atomic E-state index is 12.0. The summed E-state index contributed by atoms with van der Waals surface area (Å²) in [6.45, 7) is -0.497. The molecule has 0 fully saturated rings. The third kappa shape index (κ3) is 4.75. The molecule has 0 spiro atoms. The van der Waals surface area contributed by atoms with E-state index in [-0.39, 0.29) is 19.1 Å². The van der Waals surface area contributed by atoms with Crippen LogP contribution in [0.4, 0.5) is 5.69 Å². The molecule has 3 rings (SSSR count). The summed E-state index contributed by atoms with van der Waals surface area (Å²) in [5, 5.41) is 6.84. The summed E-state index contributed by atoms with van der Waals surface area (Å²) in [5.41, 5.74) is 1.00. The number of halogens is 1. The summed E-state index contributed by atoms with van der Waals surface area (Å²) in [6.07, 6.45) is 0.709. The van der Waals surface area contributed by atoms with Crippen LogP contribution in [0.15, 0.2) is 65.1 Å². The van der Waals surface area contributed by atoms with Gasteiger partial charge in [-0.1, -0.05) is 42.5 Å². The van der Waals surface area contributed by atoms with Crippen molar-refractivity contribution in [3.8, 4) is 5.75 Å². The van der Waals surface area contributed by atoms with Gasteiger partial charge >= 0.3 is 0 Å². The van der Waals surface area contributed by atoms with Crippen LogP contribution in [0.5, 0.6) is 5.75 Å². The zero-order chi connectivity index (χ0) is 19.9. The van der Waals surface area contributed by atoms with Gasteiger partial charge in [0.05, 0.1) is 17.8 Å². The SMILES string of the molecule is O=Cc1c(OCC(=O)NCC(=O)Nc2ccccc2Br)ccc2ccccc12. The average Bonchev–Trinajstić information content (AvgIpc) is 2.71. The minimum Gasteiger partial charge on any atom is -0.483 e. The number of amides is 2. The first-order valence-electron chi connectivity index (χ1n) is 8.49. The Morgan fingerprint density at radius 2 is 1.71 bits per heavy atom. The molecule has 0 heterocycles. The van der Waals surface area contributed by atoms with E-state index in [2.05, 4.69) is 26.6 Å². The van der Waals surface area contributed by atoms with Gasteiger partial charge in [-0.15, -0.1) is 0 Å². The number of carbonyl (C=O) groups is 3. The van der Waals surface area contributed by atoms with E-state index < -0.39 is 5.91 Å². The van der Waals surface area contributed by atoms with Gasteiger partial charge in [-0.05, 0) is 44.9 Å². The number of benzene rings is 3. The topological polar surface area (TPSA) is 84.5 Å². The number of nitrogens with one attached hydrogen (secondary N) is 2. The highest BCUT2D eigenvalue weighted by molar-refractivity contribution is 9.10. The van der Waals surface area contributed by atoms with Gasteiger partial charge in [0.1, 0.15) is 5.75 Å². The van der Waals surface area contributed by atoms with E-state index in [9.17, 15) is 14.4 Å². The third-order valence-electron chi connectivity index (χ3n) is 4.00. The molecule has 0 unspecified atom stereocenters. The van der Waals surface area contributed by atoms with Crippen LogP contribution in [0.1, 0.15) is 10.4 Å². The molecule has 3 aromatic carbocycles. The molecular formula is C21H17BrN2O4. The van der Waals surface area contributed by atoms with Crippen molar-refractivity contribution in [2.75, 3.05) is 18.5 Å². The highest BCUT2D eigenvalue weighted by Crippen LogP contribution is 2.26. The fourth-order valence-electron chi connectivity index (χ4n) is 2.65. The van der Waals surface area contributed by atoms with Crippen molar-refractivity contribution in [2.24, 2.45) is 0 Å². The Labute approximate surface area is 170 Å². The van der Waals surface area contributed by atoms with Crippen molar-refractivity contribution in [3.63, 3.8) is 0 Å². The van der Waals surface area contributed by atoms with Gasteiger partial charge < -0.3 is 15.4 Å². The fraction of sp³-hybridized carbons (Fsp3) is 0.0952. The Morgan fingerprint density at radius 1 is 0.964 bits per heavy atom. The van der Waals surface area contributed by atoms with Crippen LogP contribution in [-0.2, 0) is 9.59 Å². The molecule has 0 aliphatic carbocycles. The van der Waals surface area contributed by atoms with Crippen molar-refractivity contribution >= 4 is 50.5 Å². The van der Waals surface area contributed by atoms with Gasteiger partial charge in [0.15, 0.2) is 12.9 Å². The largest absolute Gasteiger partial charge is 0.483 e. The highest BCUT2D eigenvalue weighted by atomic mass is 79.9. The average molecular weight is 441 g/mol. The standard InChI is InChI=1S/C21H17BrN2O4/c22-17-7-3-4-8-18(17)24-20(26)11-23-21(27)13-28-19-10-9-14-5-1-2-6-15(14)16(19)12-25/h1-10,12H,11,13H2,(H,23,27)(H,24,26). The number of hydrogen-bond acceptors (Lipinski definition) is 4. The van der Waals surface area contributed by atoms with Crippen molar-refractivity contribution in [1.82, 2.24) is 5.32 Å². The first-order valence-corrected chi connectivity index (χ1v) is 9.28. The molecule has 3 aromatic rings. The Kier molecular flexibility index (Phi) is 6.39. The molecule has 0 aliphatic heterocycles. The molecular weight excluding hydrogens is 424 g/mol. The minimum absolute atomic E-state index is 0.193. The zero-order valence-corrected chi connectivity index (χ0v) is 16.4. The monoisotopic (exact) mass is 440 g/mol. The second-order valence-electron chi connectivity index (χ2n) is 5.91. The summed E-state index contributed by atoms with van der Waals surface area (Å²) < 4.78 is 6.23. The predicted molar refractivity (Wildman–Crippen MR) is 111 cm³/mol. The van der Waals surface area contributed by atoms with Gasteiger partial charge in [0.2, 0.25) is 5.91 Å². The number of ether oxygens (including phenoxy) is 1. The highest BCUT2D eigenvalue weighted by Gasteiger charge is 2.11. The Bertz CT molecular complexity index is 1040. The maximum absolute atomic E-state index is 12.0. The second kappa shape index (κ2) is 9.14. The predicted octanol–water partition coefficient (Wildman–Crippen LogP) is 3.55. The summed E-state index contributed by atoms with van der Waals surface area (Å²) >= 11 is 3.34. The molecule has 7 heteroatoms. The van der Waals surface area contributed by atoms with Gasteiger partial charge in [0.25, 0.3) is 5.91 Å². The van der Waals surface area contributed by atoms with Crippen LogP contribution in [0.25, 0.3) is 10.8 Å². The van der Waals surface area contributed by atoms with Crippen LogP contribution in [0, 0.1) is 0 Å². The van der Waals surface area contributed by atoms with Gasteiger partial charge in [-0.25, -0.2) is 0 Å². The number of fused-ring (bicyclic) bond motifs is 1. The molecule has 0 aliphatic rings. The number of anilines is 1. The Morgan fingerprint density at radius 3 is 2.50 bits per heavy atom. The van der Waals surface area contributed by atoms with Crippen molar-refractivity contribution < 1.29 is 19.1 Å². The number of aldehydes is 1. The van der Waals surface area contributed by atoms with Crippen LogP contribution >= 0.6 is 15.9 Å². The molecule has 142 valence electrons. The smallest absolute Gasteiger partial charge is 0.258 e. The van der Waals surface area contributed by atoms with Crippen LogP contribution in [0.3, 0.4) is 0 Å². The van der Waals surface area contributed by atoms with Gasteiger partial charge in [0, 0.05) is 4.47 Å². The van der Waals surface area contributed by atoms with E-state index in [4.69, 9.17) is 4.74 Å². The van der Waals surface area contributed by atoms with Crippen LogP contribution < -0.4 is 15.4 Å². The molecule has 0 atom stereocenters. The molecule has 6 nitrogen and oxygen atoms in total. The lowest BCUT2D eigenvalue weighted by molar-refractivity contribution is -0.125. The van der Waals surface area contributed by atoms with Crippen molar-refractivity contribution in [3.05, 3.63) is 70.7 Å². The number of hydrogen-bond donors (Lipinski definition) is 2. The number of rotatable bonds is 7. The second-order valence-corrected chi connectivity index (χ2v) is 6.76. The molecule has 0 aromatic heterocycles. The van der Waals surface area contributed by atoms with E-state index in [0.29, 0.717) is 23.3 Å². The molecule has 2 N–H and O–H groups in total. The van der Waals surface area contributed by atoms with E-state index in [1.807, 2.05) is 36.4 Å². The number of carbonyl (C=O) groups excluding carboxylic acids is 3. The van der Waals surface area contributed by atoms with Crippen molar-refractivity contribution in [1.29, 1.82) is 0 Å². The molecule has 28 heavy (non-hydrogen) atoms. The Hall–Kier alpha value is -3.19. The quantitative estimate of drug-likeness (QED) is 0.550. The van der Waals surface area contributed by atoms with Crippen LogP contribution in [0.2, 0.25) is 0 Å². The van der Waals surface area contributed by atoms with Crippen LogP contribution in [-0.4, -0.2) is 31.3 Å². The van der Waals surface area contributed by atoms with E-state index in [1.165, 1.54) is 0 Å².